The molecule has 7 heteroatoms. The van der Waals surface area contributed by atoms with Crippen molar-refractivity contribution in [3.8, 4) is 0 Å². The molecule has 0 atom stereocenters. The second-order valence-corrected chi connectivity index (χ2v) is 5.92. The molecule has 0 aliphatic rings. The van der Waals surface area contributed by atoms with Gasteiger partial charge < -0.3 is 19.6 Å². The minimum Gasteiger partial charge on any atom is -0.450 e. The Labute approximate surface area is 122 Å². The molecule has 0 aromatic heterocycles. The number of carbonyl (C=O) groups excluding carboxylic acids is 1. The lowest BCUT2D eigenvalue weighted by Crippen LogP contribution is -2.02. The molecule has 0 unspecified atom stereocenters. The van der Waals surface area contributed by atoms with E-state index in [1.54, 1.807) is 12.2 Å². The number of esters is 1. The van der Waals surface area contributed by atoms with Crippen molar-refractivity contribution in [2.24, 2.45) is 0 Å². The van der Waals surface area contributed by atoms with Crippen LogP contribution in [0.3, 0.4) is 0 Å². The van der Waals surface area contributed by atoms with E-state index in [1.165, 1.54) is 6.08 Å². The SMILES string of the molecule is Cc1ccc(CO)c(/C=C/C=C/C(=O)OCP(=O)(O)O)c1. The van der Waals surface area contributed by atoms with Gasteiger partial charge in [-0.3, -0.25) is 4.57 Å². The number of allylic oxidation sites excluding steroid dienone is 2. The van der Waals surface area contributed by atoms with Crippen LogP contribution in [0.1, 0.15) is 16.7 Å². The quantitative estimate of drug-likeness (QED) is 0.320. The predicted molar refractivity (Wildman–Crippen MR) is 78.3 cm³/mol. The molecule has 6 nitrogen and oxygen atoms in total. The molecule has 0 radical (unpaired) electrons. The lowest BCUT2D eigenvalue weighted by Gasteiger charge is -2.03. The highest BCUT2D eigenvalue weighted by atomic mass is 31.2. The van der Waals surface area contributed by atoms with E-state index in [0.29, 0.717) is 0 Å². The Morgan fingerprint density at radius 2 is 2.05 bits per heavy atom. The Hall–Kier alpha value is -1.72. The molecule has 0 bridgehead atoms. The first-order valence-corrected chi connectivity index (χ1v) is 7.88. The van der Waals surface area contributed by atoms with Gasteiger partial charge in [-0.05, 0) is 18.1 Å². The number of rotatable bonds is 6. The zero-order chi connectivity index (χ0) is 15.9. The average Bonchev–Trinajstić information content (AvgIpc) is 2.41. The lowest BCUT2D eigenvalue weighted by molar-refractivity contribution is -0.136. The third-order valence-electron chi connectivity index (χ3n) is 2.47. The van der Waals surface area contributed by atoms with E-state index >= 15 is 0 Å². The van der Waals surface area contributed by atoms with Gasteiger partial charge in [0.05, 0.1) is 6.61 Å². The van der Waals surface area contributed by atoms with Gasteiger partial charge in [-0.25, -0.2) is 4.79 Å². The molecule has 0 amide bonds. The summed E-state index contributed by atoms with van der Waals surface area (Å²) in [6.07, 6.45) is 4.80. The Bertz CT molecular complexity index is 599. The first-order valence-electron chi connectivity index (χ1n) is 6.08. The maximum Gasteiger partial charge on any atom is 0.362 e. The fraction of sp³-hybridized carbons (Fsp3) is 0.214. The lowest BCUT2D eigenvalue weighted by atomic mass is 10.0. The number of aryl methyl sites for hydroxylation is 1. The van der Waals surface area contributed by atoms with Gasteiger partial charge >= 0.3 is 13.6 Å². The summed E-state index contributed by atoms with van der Waals surface area (Å²) in [5.74, 6) is -0.838. The van der Waals surface area contributed by atoms with E-state index in [-0.39, 0.29) is 6.61 Å². The summed E-state index contributed by atoms with van der Waals surface area (Å²) in [6, 6.07) is 5.59. The molecule has 1 rings (SSSR count). The molecule has 0 saturated heterocycles. The zero-order valence-corrected chi connectivity index (χ0v) is 12.4. The molecule has 0 saturated carbocycles. The zero-order valence-electron chi connectivity index (χ0n) is 11.5. The number of hydrogen-bond acceptors (Lipinski definition) is 4. The van der Waals surface area contributed by atoms with Crippen LogP contribution in [-0.4, -0.2) is 27.2 Å². The monoisotopic (exact) mass is 312 g/mol. The van der Waals surface area contributed by atoms with E-state index in [2.05, 4.69) is 4.74 Å². The van der Waals surface area contributed by atoms with Crippen LogP contribution in [0.4, 0.5) is 0 Å². The molecular formula is C14H17O6P. The van der Waals surface area contributed by atoms with Gasteiger partial charge in [0, 0.05) is 6.08 Å². The van der Waals surface area contributed by atoms with Crippen molar-refractivity contribution in [2.45, 2.75) is 13.5 Å². The standard InChI is InChI=1S/C14H17O6P/c1-11-6-7-13(9-15)12(8-11)4-2-3-5-14(16)20-10-21(17,18)19/h2-8,15H,9-10H2,1H3,(H2,17,18,19)/b4-2+,5-3+. The van der Waals surface area contributed by atoms with Crippen molar-refractivity contribution < 1.29 is 29.0 Å². The number of aliphatic hydroxyl groups excluding tert-OH is 1. The smallest absolute Gasteiger partial charge is 0.362 e. The molecule has 0 heterocycles. The van der Waals surface area contributed by atoms with Gasteiger partial charge in [0.25, 0.3) is 0 Å². The number of ether oxygens (including phenoxy) is 1. The second-order valence-electron chi connectivity index (χ2n) is 4.34. The fourth-order valence-electron chi connectivity index (χ4n) is 1.50. The number of aliphatic hydroxyl groups is 1. The molecular weight excluding hydrogens is 295 g/mol. The summed E-state index contributed by atoms with van der Waals surface area (Å²) in [6.45, 7) is 1.84. The first-order chi connectivity index (χ1) is 9.81. The van der Waals surface area contributed by atoms with Gasteiger partial charge in [0.2, 0.25) is 0 Å². The Kier molecular flexibility index (Phi) is 6.52. The maximum absolute atomic E-state index is 11.2. The first kappa shape index (κ1) is 17.3. The normalized spacial score (nSPS) is 12.2. The molecule has 0 aliphatic carbocycles. The summed E-state index contributed by atoms with van der Waals surface area (Å²) in [4.78, 5) is 28.2. The molecule has 1 aromatic carbocycles. The fourth-order valence-corrected chi connectivity index (χ4v) is 1.80. The van der Waals surface area contributed by atoms with Gasteiger partial charge in [0.15, 0.2) is 6.35 Å². The Balaban J connectivity index is 2.62. The van der Waals surface area contributed by atoms with Crippen molar-refractivity contribution >= 4 is 19.6 Å². The third-order valence-corrected chi connectivity index (χ3v) is 2.93. The van der Waals surface area contributed by atoms with E-state index in [1.807, 2.05) is 25.1 Å². The predicted octanol–water partition coefficient (Wildman–Crippen LogP) is 1.74. The topological polar surface area (TPSA) is 104 Å². The van der Waals surface area contributed by atoms with E-state index in [4.69, 9.17) is 9.79 Å². The van der Waals surface area contributed by atoms with E-state index < -0.39 is 19.9 Å². The number of hydrogen-bond donors (Lipinski definition) is 3. The van der Waals surface area contributed by atoms with Gasteiger partial charge in [0.1, 0.15) is 0 Å². The van der Waals surface area contributed by atoms with Crippen LogP contribution < -0.4 is 0 Å². The van der Waals surface area contributed by atoms with E-state index in [9.17, 15) is 14.5 Å². The van der Waals surface area contributed by atoms with E-state index in [0.717, 1.165) is 22.8 Å². The van der Waals surface area contributed by atoms with Crippen molar-refractivity contribution in [1.82, 2.24) is 0 Å². The van der Waals surface area contributed by atoms with Crippen molar-refractivity contribution in [3.05, 3.63) is 53.1 Å². The molecule has 0 spiro atoms. The second kappa shape index (κ2) is 7.90. The van der Waals surface area contributed by atoms with Crippen LogP contribution in [0.25, 0.3) is 6.08 Å². The van der Waals surface area contributed by atoms with Crippen LogP contribution in [0, 0.1) is 6.92 Å². The average molecular weight is 312 g/mol. The molecule has 0 aliphatic heterocycles. The summed E-state index contributed by atoms with van der Waals surface area (Å²) in [5.41, 5.74) is 2.62. The largest absolute Gasteiger partial charge is 0.450 e. The summed E-state index contributed by atoms with van der Waals surface area (Å²) >= 11 is 0. The minimum atomic E-state index is -4.35. The third kappa shape index (κ3) is 7.02. The summed E-state index contributed by atoms with van der Waals surface area (Å²) in [7, 11) is -4.35. The highest BCUT2D eigenvalue weighted by Crippen LogP contribution is 2.33. The maximum atomic E-state index is 11.2. The highest BCUT2D eigenvalue weighted by Gasteiger charge is 2.14. The Morgan fingerprint density at radius 1 is 1.33 bits per heavy atom. The molecule has 114 valence electrons. The van der Waals surface area contributed by atoms with Crippen LogP contribution in [0.5, 0.6) is 0 Å². The summed E-state index contributed by atoms with van der Waals surface area (Å²) in [5, 5.41) is 9.20. The minimum absolute atomic E-state index is 0.0893. The van der Waals surface area contributed by atoms with Crippen molar-refractivity contribution in [1.29, 1.82) is 0 Å². The summed E-state index contributed by atoms with van der Waals surface area (Å²) < 4.78 is 14.9. The number of carbonyl (C=O) groups is 1. The van der Waals surface area contributed by atoms with Crippen LogP contribution in [0.15, 0.2) is 36.4 Å². The Morgan fingerprint density at radius 3 is 2.67 bits per heavy atom. The van der Waals surface area contributed by atoms with Crippen LogP contribution in [-0.2, 0) is 20.7 Å². The van der Waals surface area contributed by atoms with Gasteiger partial charge in [-0.15, -0.1) is 0 Å². The highest BCUT2D eigenvalue weighted by molar-refractivity contribution is 7.51. The van der Waals surface area contributed by atoms with Crippen LogP contribution >= 0.6 is 7.60 Å². The van der Waals surface area contributed by atoms with Gasteiger partial charge in [-0.2, -0.15) is 0 Å². The van der Waals surface area contributed by atoms with Crippen LogP contribution in [0.2, 0.25) is 0 Å². The van der Waals surface area contributed by atoms with Crippen molar-refractivity contribution in [3.63, 3.8) is 0 Å². The molecule has 3 N–H and O–H groups in total. The number of benzene rings is 1. The van der Waals surface area contributed by atoms with Crippen molar-refractivity contribution in [2.75, 3.05) is 6.35 Å². The molecule has 1 aromatic rings. The molecule has 0 fully saturated rings. The van der Waals surface area contributed by atoms with Gasteiger partial charge in [-0.1, -0.05) is 42.0 Å². The molecule has 21 heavy (non-hydrogen) atoms.